The second-order valence-corrected chi connectivity index (χ2v) is 7.31. The number of carbonyl (C=O) groups excluding carboxylic acids is 2. The van der Waals surface area contributed by atoms with E-state index in [4.69, 9.17) is 4.74 Å². The zero-order chi connectivity index (χ0) is 19.3. The van der Waals surface area contributed by atoms with Crippen molar-refractivity contribution in [3.05, 3.63) is 58.3 Å². The van der Waals surface area contributed by atoms with E-state index in [0.29, 0.717) is 4.47 Å². The Kier molecular flexibility index (Phi) is 6.31. The van der Waals surface area contributed by atoms with Gasteiger partial charge in [-0.15, -0.1) is 5.12 Å². The number of nitrogens with one attached hydrogen (secondary N) is 1. The predicted octanol–water partition coefficient (Wildman–Crippen LogP) is 4.40. The van der Waals surface area contributed by atoms with Crippen molar-refractivity contribution in [2.75, 3.05) is 5.12 Å². The molecule has 0 atom stereocenters. The first kappa shape index (κ1) is 19.8. The second-order valence-electron chi connectivity index (χ2n) is 6.45. The van der Waals surface area contributed by atoms with Gasteiger partial charge in [0.1, 0.15) is 5.60 Å². The Morgan fingerprint density at radius 2 is 1.88 bits per heavy atom. The molecule has 8 heteroatoms. The number of nitrogens with zero attached hydrogens (tertiary/aromatic N) is 2. The highest BCUT2D eigenvalue weighted by atomic mass is 79.9. The van der Waals surface area contributed by atoms with Gasteiger partial charge in [0.15, 0.2) is 0 Å². The molecule has 138 valence electrons. The zero-order valence-electron chi connectivity index (χ0n) is 14.6. The van der Waals surface area contributed by atoms with Gasteiger partial charge in [-0.05, 0) is 50.6 Å². The summed E-state index contributed by atoms with van der Waals surface area (Å²) in [5.74, 6) is -0.802. The summed E-state index contributed by atoms with van der Waals surface area (Å²) in [4.78, 5) is 27.7. The Morgan fingerprint density at radius 1 is 1.23 bits per heavy atom. The number of pyridine rings is 1. The van der Waals surface area contributed by atoms with Crippen LogP contribution in [-0.2, 0) is 11.3 Å². The van der Waals surface area contributed by atoms with Crippen LogP contribution in [0.2, 0.25) is 0 Å². The molecule has 1 N–H and O–H groups in total. The number of benzene rings is 1. The smallest absolute Gasteiger partial charge is 0.407 e. The van der Waals surface area contributed by atoms with E-state index in [-0.39, 0.29) is 22.9 Å². The van der Waals surface area contributed by atoms with Gasteiger partial charge in [0, 0.05) is 29.0 Å². The van der Waals surface area contributed by atoms with Gasteiger partial charge >= 0.3 is 6.09 Å². The fraction of sp³-hybridized carbons (Fsp3) is 0.278. The Bertz CT molecular complexity index is 794. The number of aromatic nitrogens is 1. The van der Waals surface area contributed by atoms with Crippen molar-refractivity contribution in [1.82, 2.24) is 10.3 Å². The second kappa shape index (κ2) is 8.27. The molecule has 0 bridgehead atoms. The minimum atomic E-state index is -0.802. The van der Waals surface area contributed by atoms with E-state index in [0.717, 1.165) is 5.56 Å². The van der Waals surface area contributed by atoms with Gasteiger partial charge in [-0.2, -0.15) is 0 Å². The van der Waals surface area contributed by atoms with Crippen LogP contribution < -0.4 is 10.4 Å². The SMILES string of the molecule is CC(C)(C)OC(=O)NCc1ccc(C(=O)N(F)c2ccncc2)cc1Br. The standard InChI is InChI=1S/C18H19BrFN3O3/c1-18(2,3)26-17(25)22-11-13-5-4-12(10-15(13)19)16(24)23(20)14-6-8-21-9-7-14/h4-10H,11H2,1-3H3,(H,22,25). The topological polar surface area (TPSA) is 71.5 Å². The quantitative estimate of drug-likeness (QED) is 0.739. The molecule has 2 amide bonds. The Hall–Kier alpha value is -2.48. The highest BCUT2D eigenvalue weighted by Gasteiger charge is 2.19. The van der Waals surface area contributed by atoms with Crippen molar-refractivity contribution in [2.24, 2.45) is 0 Å². The molecule has 0 saturated carbocycles. The molecule has 0 aliphatic heterocycles. The normalized spacial score (nSPS) is 11.0. The van der Waals surface area contributed by atoms with Crippen molar-refractivity contribution >= 4 is 33.6 Å². The third-order valence-corrected chi connectivity index (χ3v) is 3.93. The molecule has 2 aromatic rings. The van der Waals surface area contributed by atoms with Crippen molar-refractivity contribution < 1.29 is 18.8 Å². The maximum Gasteiger partial charge on any atom is 0.407 e. The van der Waals surface area contributed by atoms with Crippen molar-refractivity contribution in [3.63, 3.8) is 0 Å². The van der Waals surface area contributed by atoms with Crippen LogP contribution in [0.5, 0.6) is 0 Å². The van der Waals surface area contributed by atoms with Crippen LogP contribution >= 0.6 is 15.9 Å². The summed E-state index contributed by atoms with van der Waals surface area (Å²) in [6.45, 7) is 5.52. The van der Waals surface area contributed by atoms with E-state index in [1.54, 1.807) is 26.8 Å². The van der Waals surface area contributed by atoms with Crippen LogP contribution in [0.25, 0.3) is 0 Å². The Balaban J connectivity index is 2.05. The Labute approximate surface area is 159 Å². The van der Waals surface area contributed by atoms with Crippen LogP contribution in [-0.4, -0.2) is 22.6 Å². The van der Waals surface area contributed by atoms with Gasteiger partial charge < -0.3 is 10.1 Å². The van der Waals surface area contributed by atoms with Gasteiger partial charge in [0.25, 0.3) is 5.91 Å². The molecule has 6 nitrogen and oxygen atoms in total. The lowest BCUT2D eigenvalue weighted by Crippen LogP contribution is -2.32. The van der Waals surface area contributed by atoms with Crippen molar-refractivity contribution in [1.29, 1.82) is 0 Å². The lowest BCUT2D eigenvalue weighted by atomic mass is 10.1. The minimum absolute atomic E-state index is 0.0576. The first-order chi connectivity index (χ1) is 12.2. The summed E-state index contributed by atoms with van der Waals surface area (Å²) in [5.41, 5.74) is 0.394. The van der Waals surface area contributed by atoms with Gasteiger partial charge in [0.05, 0.1) is 5.69 Å². The number of alkyl carbamates (subject to hydrolysis) is 1. The van der Waals surface area contributed by atoms with E-state index in [1.165, 1.54) is 36.7 Å². The summed E-state index contributed by atoms with van der Waals surface area (Å²) in [6, 6.07) is 7.42. The van der Waals surface area contributed by atoms with Gasteiger partial charge in [-0.3, -0.25) is 9.78 Å². The van der Waals surface area contributed by atoms with Gasteiger partial charge in [-0.25, -0.2) is 4.79 Å². The summed E-state index contributed by atoms with van der Waals surface area (Å²) in [5, 5.41) is 2.68. The van der Waals surface area contributed by atoms with E-state index >= 15 is 0 Å². The third kappa shape index (κ3) is 5.52. The number of anilines is 1. The average molecular weight is 424 g/mol. The van der Waals surface area contributed by atoms with E-state index < -0.39 is 17.6 Å². The van der Waals surface area contributed by atoms with E-state index in [9.17, 15) is 14.1 Å². The van der Waals surface area contributed by atoms with Crippen molar-refractivity contribution in [2.45, 2.75) is 32.9 Å². The number of hydrogen-bond donors (Lipinski definition) is 1. The molecule has 1 heterocycles. The molecular formula is C18H19BrFN3O3. The largest absolute Gasteiger partial charge is 0.444 e. The molecule has 0 spiro atoms. The molecule has 26 heavy (non-hydrogen) atoms. The highest BCUT2D eigenvalue weighted by Crippen LogP contribution is 2.22. The van der Waals surface area contributed by atoms with Crippen LogP contribution in [0.3, 0.4) is 0 Å². The van der Waals surface area contributed by atoms with Crippen LogP contribution in [0.4, 0.5) is 15.0 Å². The maximum absolute atomic E-state index is 14.2. The molecule has 1 aromatic carbocycles. The van der Waals surface area contributed by atoms with Gasteiger partial charge in [0.2, 0.25) is 0 Å². The van der Waals surface area contributed by atoms with Gasteiger partial charge in [-0.1, -0.05) is 26.5 Å². The monoisotopic (exact) mass is 423 g/mol. The zero-order valence-corrected chi connectivity index (χ0v) is 16.2. The Morgan fingerprint density at radius 3 is 2.46 bits per heavy atom. The number of carbonyl (C=O) groups is 2. The number of hydrogen-bond acceptors (Lipinski definition) is 4. The average Bonchev–Trinajstić information content (AvgIpc) is 2.58. The number of amides is 2. The molecule has 0 aliphatic rings. The lowest BCUT2D eigenvalue weighted by molar-refractivity contribution is 0.0523. The number of rotatable bonds is 4. The fourth-order valence-electron chi connectivity index (χ4n) is 2.01. The van der Waals surface area contributed by atoms with Crippen LogP contribution in [0.15, 0.2) is 47.2 Å². The molecule has 2 rings (SSSR count). The predicted molar refractivity (Wildman–Crippen MR) is 99.4 cm³/mol. The van der Waals surface area contributed by atoms with E-state index in [1.807, 2.05) is 0 Å². The first-order valence-corrected chi connectivity index (χ1v) is 8.62. The maximum atomic E-state index is 14.2. The number of halogens is 2. The molecule has 0 aliphatic carbocycles. The highest BCUT2D eigenvalue weighted by molar-refractivity contribution is 9.10. The molecule has 0 fully saturated rings. The molecule has 0 unspecified atom stereocenters. The first-order valence-electron chi connectivity index (χ1n) is 7.83. The van der Waals surface area contributed by atoms with Crippen LogP contribution in [0.1, 0.15) is 36.7 Å². The minimum Gasteiger partial charge on any atom is -0.444 e. The molecule has 1 aromatic heterocycles. The summed E-state index contributed by atoms with van der Waals surface area (Å²) in [7, 11) is 0. The molecule has 0 saturated heterocycles. The lowest BCUT2D eigenvalue weighted by Gasteiger charge is -2.20. The fourth-order valence-corrected chi connectivity index (χ4v) is 2.53. The number of ether oxygens (including phenoxy) is 1. The van der Waals surface area contributed by atoms with E-state index in [2.05, 4.69) is 26.2 Å². The van der Waals surface area contributed by atoms with Crippen molar-refractivity contribution in [3.8, 4) is 0 Å². The molecule has 0 radical (unpaired) electrons. The van der Waals surface area contributed by atoms with Crippen LogP contribution in [0, 0.1) is 0 Å². The molecular weight excluding hydrogens is 405 g/mol. The summed E-state index contributed by atoms with van der Waals surface area (Å²) >= 11 is 3.34. The third-order valence-electron chi connectivity index (χ3n) is 3.19. The summed E-state index contributed by atoms with van der Waals surface area (Å²) in [6.07, 6.45) is 2.25. The summed E-state index contributed by atoms with van der Waals surface area (Å²) < 4.78 is 20.0.